The maximum atomic E-state index is 13.9. The van der Waals surface area contributed by atoms with Gasteiger partial charge in [-0.15, -0.1) is 0 Å². The van der Waals surface area contributed by atoms with E-state index in [4.69, 9.17) is 0 Å². The van der Waals surface area contributed by atoms with Crippen LogP contribution in [0.3, 0.4) is 0 Å². The van der Waals surface area contributed by atoms with Gasteiger partial charge in [0.15, 0.2) is 0 Å². The highest BCUT2D eigenvalue weighted by atomic mass is 19.1. The van der Waals surface area contributed by atoms with Crippen LogP contribution in [-0.2, 0) is 12.8 Å². The lowest BCUT2D eigenvalue weighted by molar-refractivity contribution is 0.584. The summed E-state index contributed by atoms with van der Waals surface area (Å²) in [6, 6.07) is 14.1. The molecule has 0 aromatic heterocycles. The third-order valence-corrected chi connectivity index (χ3v) is 3.91. The zero-order valence-electron chi connectivity index (χ0n) is 11.1. The summed E-state index contributed by atoms with van der Waals surface area (Å²) in [5.74, 6) is 0.440. The number of anilines is 1. The summed E-state index contributed by atoms with van der Waals surface area (Å²) in [6.07, 6.45) is 2.19. The summed E-state index contributed by atoms with van der Waals surface area (Å²) in [4.78, 5) is 0. The SMILES string of the molecule is Cc1cccc(NCC2Cc3ccccc3C2)c1F. The van der Waals surface area contributed by atoms with Gasteiger partial charge in [0.25, 0.3) is 0 Å². The van der Waals surface area contributed by atoms with E-state index in [0.29, 0.717) is 17.2 Å². The first kappa shape index (κ1) is 12.2. The van der Waals surface area contributed by atoms with Crippen molar-refractivity contribution in [3.05, 3.63) is 65.0 Å². The normalized spacial score (nSPS) is 14.4. The number of fused-ring (bicyclic) bond motifs is 1. The monoisotopic (exact) mass is 255 g/mol. The van der Waals surface area contributed by atoms with Gasteiger partial charge in [0.1, 0.15) is 5.82 Å². The van der Waals surface area contributed by atoms with Crippen LogP contribution in [0.25, 0.3) is 0 Å². The van der Waals surface area contributed by atoms with Crippen LogP contribution in [-0.4, -0.2) is 6.54 Å². The molecule has 0 radical (unpaired) electrons. The Hall–Kier alpha value is -1.83. The molecule has 0 amide bonds. The summed E-state index contributed by atoms with van der Waals surface area (Å²) in [6.45, 7) is 2.63. The predicted octanol–water partition coefficient (Wildman–Crippen LogP) is 3.96. The average Bonchev–Trinajstić information content (AvgIpc) is 2.83. The molecule has 0 saturated carbocycles. The van der Waals surface area contributed by atoms with Crippen molar-refractivity contribution in [2.75, 3.05) is 11.9 Å². The van der Waals surface area contributed by atoms with Crippen molar-refractivity contribution < 1.29 is 4.39 Å². The second-order valence-electron chi connectivity index (χ2n) is 5.36. The van der Waals surface area contributed by atoms with E-state index in [1.54, 1.807) is 13.0 Å². The fraction of sp³-hybridized carbons (Fsp3) is 0.294. The lowest BCUT2D eigenvalue weighted by atomic mass is 10.1. The predicted molar refractivity (Wildman–Crippen MR) is 77.0 cm³/mol. The van der Waals surface area contributed by atoms with E-state index < -0.39 is 0 Å². The molecule has 2 heteroatoms. The van der Waals surface area contributed by atoms with Gasteiger partial charge in [-0.25, -0.2) is 4.39 Å². The number of hydrogen-bond acceptors (Lipinski definition) is 1. The Morgan fingerprint density at radius 1 is 1.05 bits per heavy atom. The van der Waals surface area contributed by atoms with Gasteiger partial charge in [0.05, 0.1) is 5.69 Å². The summed E-state index contributed by atoms with van der Waals surface area (Å²) in [5, 5.41) is 3.26. The molecule has 1 aliphatic carbocycles. The molecule has 2 aromatic carbocycles. The topological polar surface area (TPSA) is 12.0 Å². The van der Waals surface area contributed by atoms with Crippen LogP contribution in [0.1, 0.15) is 16.7 Å². The van der Waals surface area contributed by atoms with Crippen LogP contribution >= 0.6 is 0 Å². The van der Waals surface area contributed by atoms with Gasteiger partial charge in [-0.1, -0.05) is 36.4 Å². The Morgan fingerprint density at radius 3 is 2.42 bits per heavy atom. The van der Waals surface area contributed by atoms with Gasteiger partial charge in [-0.3, -0.25) is 0 Å². The van der Waals surface area contributed by atoms with Gasteiger partial charge in [0, 0.05) is 6.54 Å². The van der Waals surface area contributed by atoms with Gasteiger partial charge in [-0.2, -0.15) is 0 Å². The Morgan fingerprint density at radius 2 is 1.74 bits per heavy atom. The Labute approximate surface area is 113 Å². The van der Waals surface area contributed by atoms with Crippen molar-refractivity contribution in [2.24, 2.45) is 5.92 Å². The first-order valence-electron chi connectivity index (χ1n) is 6.80. The summed E-state index contributed by atoms with van der Waals surface area (Å²) < 4.78 is 13.9. The fourth-order valence-electron chi connectivity index (χ4n) is 2.83. The molecule has 0 aliphatic heterocycles. The minimum atomic E-state index is -0.127. The van der Waals surface area contributed by atoms with Crippen LogP contribution < -0.4 is 5.32 Å². The highest BCUT2D eigenvalue weighted by Crippen LogP contribution is 2.27. The summed E-state index contributed by atoms with van der Waals surface area (Å²) >= 11 is 0. The first-order valence-corrected chi connectivity index (χ1v) is 6.80. The molecule has 0 spiro atoms. The van der Waals surface area contributed by atoms with Gasteiger partial charge in [0.2, 0.25) is 0 Å². The molecule has 0 fully saturated rings. The van der Waals surface area contributed by atoms with Crippen LogP contribution in [0.15, 0.2) is 42.5 Å². The van der Waals surface area contributed by atoms with Crippen molar-refractivity contribution in [3.63, 3.8) is 0 Å². The standard InChI is InChI=1S/C17H18FN/c1-12-5-4-8-16(17(12)18)19-11-13-9-14-6-2-3-7-15(14)10-13/h2-8,13,19H,9-11H2,1H3. The van der Waals surface area contributed by atoms with Gasteiger partial charge < -0.3 is 5.32 Å². The molecule has 0 heterocycles. The van der Waals surface area contributed by atoms with Crippen LogP contribution in [0, 0.1) is 18.7 Å². The number of hydrogen-bond donors (Lipinski definition) is 1. The molecule has 2 aromatic rings. The summed E-state index contributed by atoms with van der Waals surface area (Å²) in [5.41, 5.74) is 4.20. The average molecular weight is 255 g/mol. The highest BCUT2D eigenvalue weighted by molar-refractivity contribution is 5.47. The Kier molecular flexibility index (Phi) is 3.24. The van der Waals surface area contributed by atoms with Crippen molar-refractivity contribution in [2.45, 2.75) is 19.8 Å². The van der Waals surface area contributed by atoms with E-state index in [1.165, 1.54) is 11.1 Å². The highest BCUT2D eigenvalue weighted by Gasteiger charge is 2.20. The van der Waals surface area contributed by atoms with Crippen LogP contribution in [0.2, 0.25) is 0 Å². The molecule has 0 bridgehead atoms. The lowest BCUT2D eigenvalue weighted by Crippen LogP contribution is -2.15. The zero-order valence-corrected chi connectivity index (χ0v) is 11.1. The third-order valence-electron chi connectivity index (χ3n) is 3.91. The van der Waals surface area contributed by atoms with E-state index in [0.717, 1.165) is 19.4 Å². The maximum absolute atomic E-state index is 13.9. The van der Waals surface area contributed by atoms with E-state index in [1.807, 2.05) is 12.1 Å². The van der Waals surface area contributed by atoms with Gasteiger partial charge in [-0.05, 0) is 48.4 Å². The largest absolute Gasteiger partial charge is 0.382 e. The van der Waals surface area contributed by atoms with Crippen molar-refractivity contribution in [1.29, 1.82) is 0 Å². The van der Waals surface area contributed by atoms with Crippen molar-refractivity contribution >= 4 is 5.69 Å². The number of rotatable bonds is 3. The quantitative estimate of drug-likeness (QED) is 0.875. The second-order valence-corrected chi connectivity index (χ2v) is 5.36. The number of nitrogens with one attached hydrogen (secondary N) is 1. The summed E-state index contributed by atoms with van der Waals surface area (Å²) in [7, 11) is 0. The number of aryl methyl sites for hydroxylation is 1. The molecule has 1 N–H and O–H groups in total. The minimum absolute atomic E-state index is 0.127. The Balaban J connectivity index is 1.64. The molecule has 0 unspecified atom stereocenters. The second kappa shape index (κ2) is 5.04. The molecular formula is C17H18FN. The zero-order chi connectivity index (χ0) is 13.2. The van der Waals surface area contributed by atoms with E-state index in [2.05, 4.69) is 29.6 Å². The van der Waals surface area contributed by atoms with Crippen LogP contribution in [0.5, 0.6) is 0 Å². The molecule has 1 aliphatic rings. The van der Waals surface area contributed by atoms with E-state index >= 15 is 0 Å². The lowest BCUT2D eigenvalue weighted by Gasteiger charge is -2.13. The van der Waals surface area contributed by atoms with E-state index in [9.17, 15) is 4.39 Å². The maximum Gasteiger partial charge on any atom is 0.149 e. The molecule has 0 saturated heterocycles. The third kappa shape index (κ3) is 2.48. The minimum Gasteiger partial charge on any atom is -0.382 e. The smallest absolute Gasteiger partial charge is 0.149 e. The molecule has 3 rings (SSSR count). The number of benzene rings is 2. The van der Waals surface area contributed by atoms with E-state index in [-0.39, 0.29) is 5.82 Å². The molecule has 98 valence electrons. The van der Waals surface area contributed by atoms with Crippen LogP contribution in [0.4, 0.5) is 10.1 Å². The first-order chi connectivity index (χ1) is 9.24. The van der Waals surface area contributed by atoms with Crippen molar-refractivity contribution in [3.8, 4) is 0 Å². The number of halogens is 1. The van der Waals surface area contributed by atoms with Crippen molar-refractivity contribution in [1.82, 2.24) is 0 Å². The molecule has 1 nitrogen and oxygen atoms in total. The Bertz CT molecular complexity index is 567. The molecule has 19 heavy (non-hydrogen) atoms. The molecule has 0 atom stereocenters. The molecular weight excluding hydrogens is 237 g/mol. The fourth-order valence-corrected chi connectivity index (χ4v) is 2.83. The van der Waals surface area contributed by atoms with Gasteiger partial charge >= 0.3 is 0 Å².